The zero-order valence-electron chi connectivity index (χ0n) is 30.7. The van der Waals surface area contributed by atoms with Gasteiger partial charge < -0.3 is 34.3 Å². The highest BCUT2D eigenvalue weighted by molar-refractivity contribution is 5.86. The zero-order chi connectivity index (χ0) is 37.5. The van der Waals surface area contributed by atoms with E-state index in [1.165, 1.54) is 0 Å². The van der Waals surface area contributed by atoms with Crippen molar-refractivity contribution in [2.45, 2.75) is 30.4 Å². The molecule has 1 saturated heterocycles. The summed E-state index contributed by atoms with van der Waals surface area (Å²) in [5, 5.41) is 12.7. The number of carbonyl (C=O) groups excluding carboxylic acids is 2. The van der Waals surface area contributed by atoms with Crippen LogP contribution in [0.2, 0.25) is 0 Å². The third kappa shape index (κ3) is 7.42. The van der Waals surface area contributed by atoms with E-state index in [0.29, 0.717) is 37.4 Å². The normalized spacial score (nSPS) is 14.8. The first-order chi connectivity index (χ1) is 26.4. The molecule has 2 amide bonds. The number of aliphatic hydroxyl groups is 1. The molecule has 0 radical (unpaired) electrons. The van der Waals surface area contributed by atoms with E-state index in [1.54, 1.807) is 19.1 Å². The van der Waals surface area contributed by atoms with Crippen molar-refractivity contribution in [1.82, 2.24) is 10.2 Å². The first kappa shape index (κ1) is 36.7. The number of aliphatic hydroxyl groups excluding tert-OH is 1. The number of hydrogen-bond donors (Lipinski definition) is 2. The maximum Gasteiger partial charge on any atom is 0.407 e. The Balaban J connectivity index is 1.20. The molecule has 0 spiro atoms. The number of hydrogen-bond acceptors (Lipinski definition) is 7. The van der Waals surface area contributed by atoms with Crippen LogP contribution in [0.4, 0.5) is 4.79 Å². The zero-order valence-corrected chi connectivity index (χ0v) is 30.7. The fourth-order valence-corrected chi connectivity index (χ4v) is 7.80. The molecule has 1 fully saturated rings. The summed E-state index contributed by atoms with van der Waals surface area (Å²) in [6.45, 7) is 0.947. The smallest absolute Gasteiger partial charge is 0.407 e. The molecule has 2 N–H and O–H groups in total. The van der Waals surface area contributed by atoms with Crippen LogP contribution >= 0.6 is 0 Å². The molecule has 9 heteroatoms. The maximum absolute atomic E-state index is 14.4. The van der Waals surface area contributed by atoms with Gasteiger partial charge in [0.05, 0.1) is 20.8 Å². The number of fused-ring (bicyclic) bond motifs is 3. The lowest BCUT2D eigenvalue weighted by Crippen LogP contribution is -2.54. The van der Waals surface area contributed by atoms with Crippen molar-refractivity contribution in [3.05, 3.63) is 155 Å². The van der Waals surface area contributed by atoms with Crippen molar-refractivity contribution in [3.8, 4) is 22.6 Å². The van der Waals surface area contributed by atoms with E-state index in [9.17, 15) is 14.7 Å². The van der Waals surface area contributed by atoms with E-state index in [4.69, 9.17) is 18.9 Å². The van der Waals surface area contributed by atoms with Crippen LogP contribution in [0.15, 0.2) is 127 Å². The van der Waals surface area contributed by atoms with Crippen molar-refractivity contribution in [2.24, 2.45) is 5.92 Å². The molecule has 54 heavy (non-hydrogen) atoms. The molecule has 0 unspecified atom stereocenters. The molecule has 5 aromatic rings. The minimum absolute atomic E-state index is 0.0793. The van der Waals surface area contributed by atoms with Crippen LogP contribution in [0.3, 0.4) is 0 Å². The maximum atomic E-state index is 14.4. The molecule has 1 atom stereocenters. The summed E-state index contributed by atoms with van der Waals surface area (Å²) in [6.07, 6.45) is 0.641. The Morgan fingerprint density at radius 3 is 1.74 bits per heavy atom. The monoisotopic (exact) mass is 726 g/mol. The molecule has 1 heterocycles. The predicted octanol–water partition coefficient (Wildman–Crippen LogP) is 7.15. The number of piperidine rings is 1. The fraction of sp³-hybridized carbons (Fsp3) is 0.289. The number of alkyl carbamates (subject to hydrolysis) is 1. The number of methoxy groups -OCH3 is 2. The van der Waals surface area contributed by atoms with Gasteiger partial charge in [0.15, 0.2) is 0 Å². The summed E-state index contributed by atoms with van der Waals surface area (Å²) in [6, 6.07) is 40.4. The molecular formula is C45H46N2O7. The summed E-state index contributed by atoms with van der Waals surface area (Å²) >= 11 is 0. The average Bonchev–Trinajstić information content (AvgIpc) is 3.56. The minimum Gasteiger partial charge on any atom is -0.497 e. The highest BCUT2D eigenvalue weighted by atomic mass is 16.6. The van der Waals surface area contributed by atoms with Gasteiger partial charge in [0, 0.05) is 25.6 Å². The van der Waals surface area contributed by atoms with Crippen LogP contribution < -0.4 is 14.8 Å². The lowest BCUT2D eigenvalue weighted by atomic mass is 9.80. The predicted molar refractivity (Wildman–Crippen MR) is 207 cm³/mol. The third-order valence-electron chi connectivity index (χ3n) is 10.8. The number of amides is 2. The van der Waals surface area contributed by atoms with Crippen LogP contribution in [-0.2, 0) is 19.9 Å². The van der Waals surface area contributed by atoms with Gasteiger partial charge in [-0.25, -0.2) is 4.79 Å². The summed E-state index contributed by atoms with van der Waals surface area (Å²) in [4.78, 5) is 29.9. The van der Waals surface area contributed by atoms with E-state index in [-0.39, 0.29) is 37.6 Å². The van der Waals surface area contributed by atoms with E-state index >= 15 is 0 Å². The highest BCUT2D eigenvalue weighted by Gasteiger charge is 2.40. The standard InChI is InChI=1S/C45H46N2O7/c1-51-35-20-16-33(17-21-35)45(32-10-4-3-5-11-32,34-18-22-36(52-2)23-19-34)54-30-42(43(49)47-26-24-31(28-48)25-27-47)46-44(50)53-29-41-39-14-8-6-12-37(39)38-13-7-9-15-40(38)41/h3-23,31,41-42,48H,24-30H2,1-2H3,(H,46,50)/t42-/m0/s1. The number of ether oxygens (including phenoxy) is 4. The van der Waals surface area contributed by atoms with Gasteiger partial charge >= 0.3 is 6.09 Å². The SMILES string of the molecule is COc1ccc(C(OC[C@H](NC(=O)OCC2c3ccccc3-c3ccccc32)C(=O)N2CCC(CO)CC2)(c2ccccc2)c2ccc(OC)cc2)cc1. The van der Waals surface area contributed by atoms with Crippen LogP contribution in [0.25, 0.3) is 11.1 Å². The Hall–Kier alpha value is -5.64. The lowest BCUT2D eigenvalue weighted by Gasteiger charge is -2.38. The molecule has 5 aromatic carbocycles. The Labute approximate surface area is 316 Å². The van der Waals surface area contributed by atoms with Crippen molar-refractivity contribution in [3.63, 3.8) is 0 Å². The fourth-order valence-electron chi connectivity index (χ4n) is 7.80. The van der Waals surface area contributed by atoms with Gasteiger partial charge in [0.25, 0.3) is 0 Å². The second-order valence-corrected chi connectivity index (χ2v) is 13.8. The van der Waals surface area contributed by atoms with Gasteiger partial charge in [0.1, 0.15) is 29.7 Å². The van der Waals surface area contributed by atoms with Gasteiger partial charge in [-0.2, -0.15) is 0 Å². The number of benzene rings is 5. The Morgan fingerprint density at radius 2 is 1.22 bits per heavy atom. The van der Waals surface area contributed by atoms with E-state index in [0.717, 1.165) is 38.9 Å². The van der Waals surface area contributed by atoms with Crippen molar-refractivity contribution >= 4 is 12.0 Å². The molecule has 7 rings (SSSR count). The molecule has 1 aliphatic carbocycles. The average molecular weight is 727 g/mol. The first-order valence-electron chi connectivity index (χ1n) is 18.4. The van der Waals surface area contributed by atoms with Crippen LogP contribution in [0, 0.1) is 5.92 Å². The molecule has 1 aliphatic heterocycles. The summed E-state index contributed by atoms with van der Waals surface area (Å²) in [7, 11) is 3.24. The molecule has 0 bridgehead atoms. The molecular weight excluding hydrogens is 681 g/mol. The Kier molecular flexibility index (Phi) is 11.3. The van der Waals surface area contributed by atoms with Crippen molar-refractivity contribution in [1.29, 1.82) is 0 Å². The summed E-state index contributed by atoms with van der Waals surface area (Å²) in [5.41, 5.74) is 5.68. The quantitative estimate of drug-likeness (QED) is 0.124. The number of rotatable bonds is 13. The largest absolute Gasteiger partial charge is 0.497 e. The molecule has 2 aliphatic rings. The van der Waals surface area contributed by atoms with Gasteiger partial charge in [-0.05, 0) is 82.0 Å². The number of carbonyl (C=O) groups is 2. The van der Waals surface area contributed by atoms with Crippen molar-refractivity contribution < 1.29 is 33.6 Å². The van der Waals surface area contributed by atoms with Crippen LogP contribution in [0.5, 0.6) is 11.5 Å². The van der Waals surface area contributed by atoms with E-state index < -0.39 is 17.7 Å². The van der Waals surface area contributed by atoms with Crippen LogP contribution in [0.1, 0.15) is 46.6 Å². The van der Waals surface area contributed by atoms with Gasteiger partial charge in [-0.15, -0.1) is 0 Å². The molecule has 0 aromatic heterocycles. The Bertz CT molecular complexity index is 1930. The number of nitrogens with one attached hydrogen (secondary N) is 1. The molecule has 278 valence electrons. The van der Waals surface area contributed by atoms with E-state index in [2.05, 4.69) is 29.6 Å². The second kappa shape index (κ2) is 16.6. The second-order valence-electron chi connectivity index (χ2n) is 13.8. The van der Waals surface area contributed by atoms with Gasteiger partial charge in [0.2, 0.25) is 5.91 Å². The molecule has 0 saturated carbocycles. The first-order valence-corrected chi connectivity index (χ1v) is 18.4. The number of nitrogens with zero attached hydrogens (tertiary/aromatic N) is 1. The summed E-state index contributed by atoms with van der Waals surface area (Å²) in [5.74, 6) is 1.10. The lowest BCUT2D eigenvalue weighted by molar-refractivity contribution is -0.138. The van der Waals surface area contributed by atoms with Crippen molar-refractivity contribution in [2.75, 3.05) is 47.1 Å². The number of likely N-dealkylation sites (tertiary alicyclic amines) is 1. The Morgan fingerprint density at radius 1 is 0.722 bits per heavy atom. The topological polar surface area (TPSA) is 107 Å². The summed E-state index contributed by atoms with van der Waals surface area (Å²) < 4.78 is 24.0. The molecule has 9 nitrogen and oxygen atoms in total. The van der Waals surface area contributed by atoms with Crippen LogP contribution in [-0.4, -0.2) is 75.2 Å². The van der Waals surface area contributed by atoms with E-state index in [1.807, 2.05) is 103 Å². The highest BCUT2D eigenvalue weighted by Crippen LogP contribution is 2.45. The van der Waals surface area contributed by atoms with Gasteiger partial charge in [-0.1, -0.05) is 103 Å². The minimum atomic E-state index is -1.20. The third-order valence-corrected chi connectivity index (χ3v) is 10.8. The van der Waals surface area contributed by atoms with Gasteiger partial charge in [-0.3, -0.25) is 4.79 Å².